The van der Waals surface area contributed by atoms with Gasteiger partial charge in [0.1, 0.15) is 17.8 Å². The number of H-pyrrole nitrogens is 1. The molecule has 3 atom stereocenters. The zero-order valence-corrected chi connectivity index (χ0v) is 19.9. The van der Waals surface area contributed by atoms with Crippen molar-refractivity contribution in [3.63, 3.8) is 0 Å². The van der Waals surface area contributed by atoms with Crippen LogP contribution < -0.4 is 22.1 Å². The maximum atomic E-state index is 13.0. The van der Waals surface area contributed by atoms with E-state index in [9.17, 15) is 24.6 Å². The van der Waals surface area contributed by atoms with Crippen LogP contribution in [0.1, 0.15) is 30.4 Å². The lowest BCUT2D eigenvalue weighted by molar-refractivity contribution is -0.142. The minimum atomic E-state index is -1.21. The van der Waals surface area contributed by atoms with E-state index in [1.807, 2.05) is 30.5 Å². The van der Waals surface area contributed by atoms with Gasteiger partial charge in [-0.3, -0.25) is 9.59 Å². The van der Waals surface area contributed by atoms with E-state index in [-0.39, 0.29) is 18.6 Å². The van der Waals surface area contributed by atoms with Crippen LogP contribution in [0.4, 0.5) is 0 Å². The molecule has 9 N–H and O–H groups in total. The number of aliphatic carboxylic acids is 1. The Balaban J connectivity index is 1.66. The molecule has 0 fully saturated rings. The van der Waals surface area contributed by atoms with Crippen molar-refractivity contribution in [3.05, 3.63) is 65.9 Å². The molecule has 1 heterocycles. The Kier molecular flexibility index (Phi) is 9.43. The van der Waals surface area contributed by atoms with Gasteiger partial charge in [-0.05, 0) is 61.6 Å². The van der Waals surface area contributed by atoms with Gasteiger partial charge in [0.2, 0.25) is 11.8 Å². The van der Waals surface area contributed by atoms with Gasteiger partial charge in [-0.25, -0.2) is 4.79 Å². The van der Waals surface area contributed by atoms with E-state index in [1.165, 1.54) is 12.1 Å². The lowest BCUT2D eigenvalue weighted by Crippen LogP contribution is -2.55. The van der Waals surface area contributed by atoms with Crippen molar-refractivity contribution in [2.45, 2.75) is 50.2 Å². The highest BCUT2D eigenvalue weighted by Crippen LogP contribution is 2.19. The quantitative estimate of drug-likeness (QED) is 0.174. The third kappa shape index (κ3) is 7.30. The fourth-order valence-electron chi connectivity index (χ4n) is 4.01. The van der Waals surface area contributed by atoms with Gasteiger partial charge in [0, 0.05) is 23.5 Å². The summed E-state index contributed by atoms with van der Waals surface area (Å²) in [4.78, 5) is 40.9. The number of phenols is 1. The number of carboxylic acids is 1. The molecule has 0 saturated carbocycles. The molecular weight excluding hydrogens is 462 g/mol. The fraction of sp³-hybridized carbons (Fsp3) is 0.346. The van der Waals surface area contributed by atoms with Gasteiger partial charge in [0.05, 0.1) is 6.04 Å². The van der Waals surface area contributed by atoms with Gasteiger partial charge >= 0.3 is 5.97 Å². The summed E-state index contributed by atoms with van der Waals surface area (Å²) in [7, 11) is 0. The topological polar surface area (TPSA) is 184 Å². The number of nitrogens with two attached hydrogens (primary N) is 2. The molecule has 2 aromatic carbocycles. The number of aromatic nitrogens is 1. The van der Waals surface area contributed by atoms with Crippen LogP contribution in [0.3, 0.4) is 0 Å². The molecule has 0 saturated heterocycles. The number of carbonyl (C=O) groups is 3. The third-order valence-electron chi connectivity index (χ3n) is 6.02. The van der Waals surface area contributed by atoms with E-state index < -0.39 is 35.9 Å². The number of aromatic amines is 1. The molecule has 0 bridgehead atoms. The first-order chi connectivity index (χ1) is 17.3. The maximum Gasteiger partial charge on any atom is 0.326 e. The molecule has 0 aliphatic rings. The summed E-state index contributed by atoms with van der Waals surface area (Å²) < 4.78 is 0. The second-order valence-corrected chi connectivity index (χ2v) is 8.79. The summed E-state index contributed by atoms with van der Waals surface area (Å²) in [5.74, 6) is -2.26. The number of unbranched alkanes of at least 4 members (excludes halogenated alkanes) is 1. The van der Waals surface area contributed by atoms with E-state index >= 15 is 0 Å². The maximum absolute atomic E-state index is 13.0. The van der Waals surface area contributed by atoms with E-state index in [1.54, 1.807) is 12.1 Å². The highest BCUT2D eigenvalue weighted by Gasteiger charge is 2.28. The van der Waals surface area contributed by atoms with E-state index in [2.05, 4.69) is 15.6 Å². The molecule has 3 rings (SSSR count). The summed E-state index contributed by atoms with van der Waals surface area (Å²) in [6.07, 6.45) is 3.61. The molecule has 2 amide bonds. The monoisotopic (exact) mass is 495 g/mol. The van der Waals surface area contributed by atoms with Crippen LogP contribution in [0.25, 0.3) is 10.9 Å². The lowest BCUT2D eigenvalue weighted by atomic mass is 10.0. The molecule has 0 spiro atoms. The van der Waals surface area contributed by atoms with Crippen molar-refractivity contribution in [3.8, 4) is 5.75 Å². The van der Waals surface area contributed by atoms with Gasteiger partial charge in [-0.1, -0.05) is 30.3 Å². The van der Waals surface area contributed by atoms with Crippen LogP contribution in [0.2, 0.25) is 0 Å². The number of carbonyl (C=O) groups excluding carboxylic acids is 2. The summed E-state index contributed by atoms with van der Waals surface area (Å²) in [6.45, 7) is 0.432. The zero-order valence-electron chi connectivity index (χ0n) is 19.9. The van der Waals surface area contributed by atoms with Crippen molar-refractivity contribution >= 4 is 28.7 Å². The van der Waals surface area contributed by atoms with Crippen LogP contribution in [-0.2, 0) is 27.2 Å². The number of para-hydroxylation sites is 1. The van der Waals surface area contributed by atoms with E-state index in [0.717, 1.165) is 16.5 Å². The molecule has 0 radical (unpaired) electrons. The normalized spacial score (nSPS) is 13.6. The smallest absolute Gasteiger partial charge is 0.326 e. The molecule has 10 heteroatoms. The molecule has 192 valence electrons. The third-order valence-corrected chi connectivity index (χ3v) is 6.02. The van der Waals surface area contributed by atoms with Gasteiger partial charge in [0.15, 0.2) is 0 Å². The molecule has 3 aromatic rings. The van der Waals surface area contributed by atoms with Crippen molar-refractivity contribution in [1.29, 1.82) is 0 Å². The molecule has 0 aliphatic heterocycles. The second kappa shape index (κ2) is 12.7. The van der Waals surface area contributed by atoms with Crippen LogP contribution in [0.15, 0.2) is 54.7 Å². The number of fused-ring (bicyclic) bond motifs is 1. The number of hydrogen-bond acceptors (Lipinski definition) is 6. The van der Waals surface area contributed by atoms with Gasteiger partial charge in [-0.15, -0.1) is 0 Å². The number of hydrogen-bond donors (Lipinski definition) is 7. The largest absolute Gasteiger partial charge is 0.508 e. The minimum Gasteiger partial charge on any atom is -0.508 e. The first-order valence-electron chi connectivity index (χ1n) is 11.9. The van der Waals surface area contributed by atoms with Crippen LogP contribution in [-0.4, -0.2) is 57.7 Å². The number of rotatable bonds is 13. The van der Waals surface area contributed by atoms with Gasteiger partial charge < -0.3 is 37.3 Å². The molecular formula is C26H33N5O5. The Bertz CT molecular complexity index is 1180. The minimum absolute atomic E-state index is 0.0187. The molecule has 10 nitrogen and oxygen atoms in total. The summed E-state index contributed by atoms with van der Waals surface area (Å²) in [5.41, 5.74) is 14.2. The Hall–Kier alpha value is -3.89. The van der Waals surface area contributed by atoms with Crippen LogP contribution in [0, 0.1) is 0 Å². The molecule has 1 aromatic heterocycles. The number of benzene rings is 2. The Morgan fingerprint density at radius 3 is 2.31 bits per heavy atom. The molecule has 0 aliphatic carbocycles. The van der Waals surface area contributed by atoms with Crippen molar-refractivity contribution in [2.24, 2.45) is 11.5 Å². The highest BCUT2D eigenvalue weighted by molar-refractivity contribution is 5.92. The van der Waals surface area contributed by atoms with Gasteiger partial charge in [0.25, 0.3) is 0 Å². The molecule has 3 unspecified atom stereocenters. The number of amides is 2. The number of carboxylic acid groups (broad SMARTS) is 1. The first-order valence-corrected chi connectivity index (χ1v) is 11.9. The van der Waals surface area contributed by atoms with Crippen molar-refractivity contribution in [1.82, 2.24) is 15.6 Å². The predicted octanol–water partition coefficient (Wildman–Crippen LogP) is 1.17. The van der Waals surface area contributed by atoms with E-state index in [4.69, 9.17) is 11.5 Å². The molecule has 36 heavy (non-hydrogen) atoms. The average molecular weight is 496 g/mol. The summed E-state index contributed by atoms with van der Waals surface area (Å²) >= 11 is 0. The number of nitrogens with one attached hydrogen (secondary N) is 3. The fourth-order valence-corrected chi connectivity index (χ4v) is 4.01. The standard InChI is InChI=1S/C26H33N5O5/c27-12-4-3-7-22(25(34)31-23(26(35)36)13-16-8-10-18(32)11-9-16)30-24(33)20(28)14-17-15-29-21-6-2-1-5-19(17)21/h1-2,5-6,8-11,15,20,22-23,29,32H,3-4,7,12-14,27-28H2,(H,30,33)(H,31,34)(H,35,36). The van der Waals surface area contributed by atoms with Gasteiger partial charge in [-0.2, -0.15) is 0 Å². The van der Waals surface area contributed by atoms with Crippen molar-refractivity contribution < 1.29 is 24.6 Å². The SMILES string of the molecule is NCCCCC(NC(=O)C(N)Cc1c[nH]c2ccccc12)C(=O)NC(Cc1ccc(O)cc1)C(=O)O. The summed E-state index contributed by atoms with van der Waals surface area (Å²) in [6, 6.07) is 10.7. The van der Waals surface area contributed by atoms with Crippen LogP contribution in [0.5, 0.6) is 5.75 Å². The number of aromatic hydroxyl groups is 1. The number of phenolic OH excluding ortho intramolecular Hbond substituents is 1. The first kappa shape index (κ1) is 26.7. The zero-order chi connectivity index (χ0) is 26.1. The summed E-state index contributed by atoms with van der Waals surface area (Å²) in [5, 5.41) is 25.3. The van der Waals surface area contributed by atoms with Crippen LogP contribution >= 0.6 is 0 Å². The second-order valence-electron chi connectivity index (χ2n) is 8.79. The Morgan fingerprint density at radius 2 is 1.61 bits per heavy atom. The predicted molar refractivity (Wildman–Crippen MR) is 136 cm³/mol. The van der Waals surface area contributed by atoms with Crippen molar-refractivity contribution in [2.75, 3.05) is 6.54 Å². The highest BCUT2D eigenvalue weighted by atomic mass is 16.4. The van der Waals surface area contributed by atoms with E-state index in [0.29, 0.717) is 31.4 Å². The average Bonchev–Trinajstić information content (AvgIpc) is 3.26. The lowest BCUT2D eigenvalue weighted by Gasteiger charge is -2.23. The Labute approximate surface area is 209 Å². The Morgan fingerprint density at radius 1 is 0.917 bits per heavy atom.